The number of piperidine rings is 1. The lowest BCUT2D eigenvalue weighted by atomic mass is 9.96. The molecule has 1 aliphatic rings. The van der Waals surface area contributed by atoms with Gasteiger partial charge >= 0.3 is 0 Å². The van der Waals surface area contributed by atoms with Gasteiger partial charge in [-0.25, -0.2) is 4.98 Å². The zero-order valence-corrected chi connectivity index (χ0v) is 18.2. The van der Waals surface area contributed by atoms with E-state index in [9.17, 15) is 14.9 Å². The molecule has 0 bridgehead atoms. The zero-order chi connectivity index (χ0) is 22.0. The topological polar surface area (TPSA) is 94.8 Å². The molecule has 4 rings (SSSR count). The number of methoxy groups -OCH3 is 1. The standard InChI is InChI=1S/C22H23N3O5S/c1-3-30-19-12-15(17(25(27)28)13-18(19)29-2)22(26)24-10-8-14(9-11-24)21-23-16-6-4-5-7-20(16)31-21/h4-7,12-14H,3,8-11H2,1-2H3. The van der Waals surface area contributed by atoms with E-state index >= 15 is 0 Å². The molecule has 0 N–H and O–H groups in total. The van der Waals surface area contributed by atoms with Crippen LogP contribution in [0.3, 0.4) is 0 Å². The summed E-state index contributed by atoms with van der Waals surface area (Å²) in [6.45, 7) is 3.20. The zero-order valence-electron chi connectivity index (χ0n) is 17.4. The van der Waals surface area contributed by atoms with Gasteiger partial charge in [-0.3, -0.25) is 14.9 Å². The molecule has 162 valence electrons. The average molecular weight is 442 g/mol. The highest BCUT2D eigenvalue weighted by molar-refractivity contribution is 7.18. The van der Waals surface area contributed by atoms with Crippen LogP contribution in [0.15, 0.2) is 36.4 Å². The largest absolute Gasteiger partial charge is 0.493 e. The molecule has 0 radical (unpaired) electrons. The average Bonchev–Trinajstić information content (AvgIpc) is 3.23. The Morgan fingerprint density at radius 1 is 1.26 bits per heavy atom. The first-order valence-electron chi connectivity index (χ1n) is 10.2. The van der Waals surface area contributed by atoms with Crippen molar-refractivity contribution in [3.63, 3.8) is 0 Å². The highest BCUT2D eigenvalue weighted by atomic mass is 32.1. The van der Waals surface area contributed by atoms with Crippen molar-refractivity contribution in [2.24, 2.45) is 0 Å². The third-order valence-electron chi connectivity index (χ3n) is 5.45. The van der Waals surface area contributed by atoms with E-state index in [4.69, 9.17) is 14.5 Å². The van der Waals surface area contributed by atoms with Gasteiger partial charge in [0.2, 0.25) is 0 Å². The first-order valence-corrected chi connectivity index (χ1v) is 11.0. The molecular formula is C22H23N3O5S. The summed E-state index contributed by atoms with van der Waals surface area (Å²) in [7, 11) is 1.41. The van der Waals surface area contributed by atoms with Crippen LogP contribution in [-0.2, 0) is 0 Å². The summed E-state index contributed by atoms with van der Waals surface area (Å²) in [5.41, 5.74) is 0.740. The highest BCUT2D eigenvalue weighted by Gasteiger charge is 2.31. The quantitative estimate of drug-likeness (QED) is 0.409. The van der Waals surface area contributed by atoms with Crippen LogP contribution >= 0.6 is 11.3 Å². The second kappa shape index (κ2) is 8.89. The Kier molecular flexibility index (Phi) is 6.03. The predicted molar refractivity (Wildman–Crippen MR) is 118 cm³/mol. The number of nitro groups is 1. The van der Waals surface area contributed by atoms with Crippen LogP contribution < -0.4 is 9.47 Å². The Labute approximate surface area is 183 Å². The van der Waals surface area contributed by atoms with Crippen molar-refractivity contribution >= 4 is 33.1 Å². The number of hydrogen-bond donors (Lipinski definition) is 0. The van der Waals surface area contributed by atoms with Crippen molar-refractivity contribution < 1.29 is 19.2 Å². The highest BCUT2D eigenvalue weighted by Crippen LogP contribution is 2.37. The van der Waals surface area contributed by atoms with E-state index in [1.807, 2.05) is 18.2 Å². The number of nitro benzene ring substituents is 1. The maximum absolute atomic E-state index is 13.2. The molecule has 0 saturated carbocycles. The van der Waals surface area contributed by atoms with Gasteiger partial charge in [0.05, 0.1) is 39.9 Å². The van der Waals surface area contributed by atoms with Gasteiger partial charge in [-0.1, -0.05) is 12.1 Å². The number of thiazole rings is 1. The van der Waals surface area contributed by atoms with E-state index in [1.54, 1.807) is 23.2 Å². The molecule has 1 amide bonds. The fourth-order valence-corrected chi connectivity index (χ4v) is 5.00. The molecule has 3 aromatic rings. The van der Waals surface area contributed by atoms with Crippen molar-refractivity contribution in [2.75, 3.05) is 26.8 Å². The number of carbonyl (C=O) groups is 1. The Balaban J connectivity index is 1.54. The minimum Gasteiger partial charge on any atom is -0.493 e. The fourth-order valence-electron chi connectivity index (χ4n) is 3.86. The minimum absolute atomic E-state index is 0.0210. The lowest BCUT2D eigenvalue weighted by molar-refractivity contribution is -0.385. The number of amides is 1. The van der Waals surface area contributed by atoms with Crippen LogP contribution in [0.5, 0.6) is 11.5 Å². The minimum atomic E-state index is -0.556. The molecule has 0 unspecified atom stereocenters. The summed E-state index contributed by atoms with van der Waals surface area (Å²) in [5, 5.41) is 12.7. The van der Waals surface area contributed by atoms with Crippen LogP contribution in [0.25, 0.3) is 10.2 Å². The normalized spacial score (nSPS) is 14.6. The maximum Gasteiger partial charge on any atom is 0.286 e. The van der Waals surface area contributed by atoms with Crippen molar-refractivity contribution in [1.82, 2.24) is 9.88 Å². The third kappa shape index (κ3) is 4.18. The SMILES string of the molecule is CCOc1cc(C(=O)N2CCC(c3nc4ccccc4s3)CC2)c([N+](=O)[O-])cc1OC. The van der Waals surface area contributed by atoms with Crippen LogP contribution in [0.1, 0.15) is 41.0 Å². The molecule has 31 heavy (non-hydrogen) atoms. The molecule has 8 nitrogen and oxygen atoms in total. The van der Waals surface area contributed by atoms with Crippen molar-refractivity contribution in [3.05, 3.63) is 57.1 Å². The van der Waals surface area contributed by atoms with E-state index in [-0.39, 0.29) is 28.8 Å². The van der Waals surface area contributed by atoms with Crippen LogP contribution in [-0.4, -0.2) is 47.5 Å². The van der Waals surface area contributed by atoms with E-state index in [1.165, 1.54) is 19.2 Å². The Morgan fingerprint density at radius 3 is 2.65 bits per heavy atom. The fraction of sp³-hybridized carbons (Fsp3) is 0.364. The molecule has 0 atom stereocenters. The molecule has 1 fully saturated rings. The van der Waals surface area contributed by atoms with Gasteiger partial charge < -0.3 is 14.4 Å². The number of aromatic nitrogens is 1. The van der Waals surface area contributed by atoms with Gasteiger partial charge in [-0.15, -0.1) is 11.3 Å². The number of hydrogen-bond acceptors (Lipinski definition) is 7. The first-order chi connectivity index (χ1) is 15.0. The lowest BCUT2D eigenvalue weighted by Crippen LogP contribution is -2.38. The molecule has 0 spiro atoms. The van der Waals surface area contributed by atoms with Crippen molar-refractivity contribution in [2.45, 2.75) is 25.7 Å². The van der Waals surface area contributed by atoms with Gasteiger partial charge in [0.1, 0.15) is 5.56 Å². The van der Waals surface area contributed by atoms with E-state index in [0.29, 0.717) is 25.4 Å². The third-order valence-corrected chi connectivity index (χ3v) is 6.65. The van der Waals surface area contributed by atoms with Gasteiger partial charge in [0.25, 0.3) is 11.6 Å². The number of rotatable bonds is 6. The molecule has 1 aliphatic heterocycles. The second-order valence-corrected chi connectivity index (χ2v) is 8.36. The van der Waals surface area contributed by atoms with E-state index in [2.05, 4.69) is 6.07 Å². The second-order valence-electron chi connectivity index (χ2n) is 7.30. The summed E-state index contributed by atoms with van der Waals surface area (Å²) in [6.07, 6.45) is 1.54. The number of carbonyl (C=O) groups excluding carboxylic acids is 1. The Hall–Kier alpha value is -3.20. The first kappa shape index (κ1) is 21.0. The molecule has 2 aromatic carbocycles. The van der Waals surface area contributed by atoms with E-state index in [0.717, 1.165) is 28.1 Å². The summed E-state index contributed by atoms with van der Waals surface area (Å²) < 4.78 is 11.9. The van der Waals surface area contributed by atoms with Crippen LogP contribution in [0.4, 0.5) is 5.69 Å². The number of ether oxygens (including phenoxy) is 2. The van der Waals surface area contributed by atoms with Crippen molar-refractivity contribution in [1.29, 1.82) is 0 Å². The van der Waals surface area contributed by atoms with Gasteiger partial charge in [-0.2, -0.15) is 0 Å². The lowest BCUT2D eigenvalue weighted by Gasteiger charge is -2.31. The molecule has 0 aliphatic carbocycles. The molecule has 9 heteroatoms. The number of para-hydroxylation sites is 1. The number of nitrogens with zero attached hydrogens (tertiary/aromatic N) is 3. The van der Waals surface area contributed by atoms with Crippen LogP contribution in [0, 0.1) is 10.1 Å². The molecule has 1 aromatic heterocycles. The summed E-state index contributed by atoms with van der Waals surface area (Å²) in [6, 6.07) is 10.7. The van der Waals surface area contributed by atoms with Crippen LogP contribution in [0.2, 0.25) is 0 Å². The van der Waals surface area contributed by atoms with Gasteiger partial charge in [0.15, 0.2) is 11.5 Å². The van der Waals surface area contributed by atoms with Gasteiger partial charge in [-0.05, 0) is 31.9 Å². The summed E-state index contributed by atoms with van der Waals surface area (Å²) >= 11 is 1.69. The Bertz CT molecular complexity index is 1090. The smallest absolute Gasteiger partial charge is 0.286 e. The Morgan fingerprint density at radius 2 is 2.00 bits per heavy atom. The molecular weight excluding hydrogens is 418 g/mol. The molecule has 2 heterocycles. The molecule has 1 saturated heterocycles. The van der Waals surface area contributed by atoms with E-state index < -0.39 is 4.92 Å². The maximum atomic E-state index is 13.2. The number of fused-ring (bicyclic) bond motifs is 1. The summed E-state index contributed by atoms with van der Waals surface area (Å²) in [5.74, 6) is 0.479. The monoisotopic (exact) mass is 441 g/mol. The van der Waals surface area contributed by atoms with Gasteiger partial charge in [0, 0.05) is 25.1 Å². The number of benzene rings is 2. The van der Waals surface area contributed by atoms with Crippen molar-refractivity contribution in [3.8, 4) is 11.5 Å². The number of likely N-dealkylation sites (tertiary alicyclic amines) is 1. The summed E-state index contributed by atoms with van der Waals surface area (Å²) in [4.78, 5) is 30.6. The predicted octanol–water partition coefficient (Wildman–Crippen LogP) is 4.63.